The molecule has 0 aliphatic rings. The molecule has 0 aromatic rings. The van der Waals surface area contributed by atoms with Gasteiger partial charge in [0.05, 0.1) is 40.3 Å². The molecule has 0 N–H and O–H groups in total. The first-order valence-corrected chi connectivity index (χ1v) is 34.2. The highest BCUT2D eigenvalue weighted by Gasteiger charge is 2.22. The Morgan fingerprint density at radius 2 is 0.584 bits per heavy atom. The minimum atomic E-state index is -1.61. The summed E-state index contributed by atoms with van der Waals surface area (Å²) in [7, 11) is 5.95. The Kier molecular flexibility index (Phi) is 59.0. The third-order valence-corrected chi connectivity index (χ3v) is 15.9. The number of ether oxygens (including phenoxy) is 4. The smallest absolute Gasteiger partial charge is 0.306 e. The zero-order chi connectivity index (χ0) is 56.2. The summed E-state index contributed by atoms with van der Waals surface area (Å²) in [6, 6.07) is 0. The second-order valence-electron chi connectivity index (χ2n) is 24.8. The van der Waals surface area contributed by atoms with E-state index >= 15 is 0 Å². The third kappa shape index (κ3) is 61.8. The van der Waals surface area contributed by atoms with Crippen LogP contribution in [0.3, 0.4) is 0 Å². The van der Waals surface area contributed by atoms with Crippen LogP contribution < -0.4 is 5.11 Å². The Bertz CT molecular complexity index is 1220. The highest BCUT2D eigenvalue weighted by atomic mass is 16.7. The van der Waals surface area contributed by atoms with Crippen molar-refractivity contribution in [2.45, 2.75) is 373 Å². The molecule has 458 valence electrons. The maximum atomic E-state index is 12.9. The molecule has 0 radical (unpaired) electrons. The number of likely N-dealkylation sites (N-methyl/N-ethyl adjacent to an activating group) is 1. The van der Waals surface area contributed by atoms with Gasteiger partial charge in [0.2, 0.25) is 0 Å². The first-order chi connectivity index (χ1) is 37.6. The minimum Gasteiger partial charge on any atom is -0.545 e. The molecule has 9 nitrogen and oxygen atoms in total. The maximum Gasteiger partial charge on any atom is 0.306 e. The highest BCUT2D eigenvalue weighted by molar-refractivity contribution is 5.70. The van der Waals surface area contributed by atoms with E-state index in [0.29, 0.717) is 17.4 Å². The molecule has 0 aliphatic carbocycles. The lowest BCUT2D eigenvalue weighted by atomic mass is 10.0. The van der Waals surface area contributed by atoms with E-state index in [-0.39, 0.29) is 32.2 Å². The summed E-state index contributed by atoms with van der Waals surface area (Å²) in [5.41, 5.74) is 0. The van der Waals surface area contributed by atoms with Gasteiger partial charge in [-0.15, -0.1) is 0 Å². The molecule has 2 atom stereocenters. The van der Waals surface area contributed by atoms with E-state index in [1.807, 2.05) is 21.1 Å². The van der Waals surface area contributed by atoms with Gasteiger partial charge in [0.25, 0.3) is 0 Å². The van der Waals surface area contributed by atoms with Crippen LogP contribution in [-0.4, -0.2) is 82.3 Å². The molecule has 0 aromatic heterocycles. The number of carboxylic acids is 1. The number of quaternary nitrogens is 1. The number of carbonyl (C=O) groups excluding carboxylic acids is 3. The van der Waals surface area contributed by atoms with Crippen molar-refractivity contribution >= 4 is 17.9 Å². The van der Waals surface area contributed by atoms with Crippen LogP contribution in [-0.2, 0) is 33.3 Å². The van der Waals surface area contributed by atoms with Crippen LogP contribution in [0.5, 0.6) is 0 Å². The van der Waals surface area contributed by atoms with Crippen molar-refractivity contribution in [3.63, 3.8) is 0 Å². The molecular weight excluding hydrogens is 959 g/mol. The van der Waals surface area contributed by atoms with Crippen LogP contribution in [0.4, 0.5) is 0 Å². The summed E-state index contributed by atoms with van der Waals surface area (Å²) in [5, 5.41) is 11.8. The summed E-state index contributed by atoms with van der Waals surface area (Å²) < 4.78 is 22.8. The average Bonchev–Trinajstić information content (AvgIpc) is 3.40. The standard InChI is InChI=1S/C68H133NO8/c1-6-8-10-12-14-16-18-20-22-24-26-28-29-30-31-32-33-34-35-36-37-38-39-41-43-45-47-49-51-53-55-57-59-66(71)77-64(63-76-68(67(72)73)74-61-60-69(3,4)5)62-75-65(70)58-56-54-52-50-48-46-44-42-40-27-25-23-21-19-17-15-13-11-9-7-2/h64,68H,6-63H2,1-5H3. The number of hydrogen-bond donors (Lipinski definition) is 0. The van der Waals surface area contributed by atoms with E-state index < -0.39 is 24.3 Å². The third-order valence-electron chi connectivity index (χ3n) is 15.9. The van der Waals surface area contributed by atoms with Crippen molar-refractivity contribution in [3.8, 4) is 0 Å². The number of aliphatic carboxylic acids is 1. The Hall–Kier alpha value is -1.71. The predicted octanol–water partition coefficient (Wildman–Crippen LogP) is 19.4. The zero-order valence-electron chi connectivity index (χ0n) is 52.4. The van der Waals surface area contributed by atoms with E-state index in [2.05, 4.69) is 13.8 Å². The topological polar surface area (TPSA) is 111 Å². The Morgan fingerprint density at radius 3 is 0.831 bits per heavy atom. The quantitative estimate of drug-likeness (QED) is 0.0256. The SMILES string of the molecule is CCCCCCCCCCCCCCCCCCCCCCCCCCCCCCCCCCC(=O)OC(COC(=O)CCCCCCCCCCCCCCCCCCCCCC)COC(OCC[N+](C)(C)C)C(=O)[O-]. The fraction of sp³-hybridized carbons (Fsp3) is 0.956. The number of esters is 2. The molecule has 0 bridgehead atoms. The van der Waals surface area contributed by atoms with Gasteiger partial charge in [0.1, 0.15) is 13.2 Å². The molecule has 0 rings (SSSR count). The van der Waals surface area contributed by atoms with E-state index in [1.54, 1.807) is 0 Å². The lowest BCUT2D eigenvalue weighted by Crippen LogP contribution is -2.44. The number of hydrogen-bond acceptors (Lipinski definition) is 8. The van der Waals surface area contributed by atoms with Gasteiger partial charge >= 0.3 is 11.9 Å². The Labute approximate surface area is 479 Å². The average molecular weight is 1090 g/mol. The number of carboxylic acid groups (broad SMARTS) is 1. The molecule has 0 spiro atoms. The molecule has 0 aromatic carbocycles. The second-order valence-corrected chi connectivity index (χ2v) is 24.8. The largest absolute Gasteiger partial charge is 0.545 e. The van der Waals surface area contributed by atoms with Gasteiger partial charge in [0, 0.05) is 12.8 Å². The van der Waals surface area contributed by atoms with Gasteiger partial charge in [-0.2, -0.15) is 0 Å². The number of nitrogens with zero attached hydrogens (tertiary/aromatic N) is 1. The summed E-state index contributed by atoms with van der Waals surface area (Å²) >= 11 is 0. The van der Waals surface area contributed by atoms with Gasteiger partial charge < -0.3 is 33.3 Å². The molecule has 0 amide bonds. The highest BCUT2D eigenvalue weighted by Crippen LogP contribution is 2.19. The molecule has 0 fully saturated rings. The van der Waals surface area contributed by atoms with Crippen molar-refractivity contribution in [2.75, 3.05) is 47.5 Å². The second kappa shape index (κ2) is 60.4. The van der Waals surface area contributed by atoms with Gasteiger partial charge in [-0.1, -0.05) is 335 Å². The van der Waals surface area contributed by atoms with Gasteiger partial charge in [0.15, 0.2) is 12.4 Å². The Balaban J connectivity index is 4.02. The molecule has 0 heterocycles. The normalized spacial score (nSPS) is 12.6. The van der Waals surface area contributed by atoms with Crippen LogP contribution in [0.1, 0.15) is 361 Å². The van der Waals surface area contributed by atoms with Gasteiger partial charge in [-0.3, -0.25) is 9.59 Å². The molecule has 0 aliphatic heterocycles. The van der Waals surface area contributed by atoms with Crippen molar-refractivity contribution in [1.29, 1.82) is 0 Å². The Morgan fingerprint density at radius 1 is 0.338 bits per heavy atom. The molecule has 9 heteroatoms. The van der Waals surface area contributed by atoms with E-state index in [0.717, 1.165) is 38.5 Å². The lowest BCUT2D eigenvalue weighted by molar-refractivity contribution is -0.870. The van der Waals surface area contributed by atoms with Crippen LogP contribution in [0.15, 0.2) is 0 Å². The van der Waals surface area contributed by atoms with Gasteiger partial charge in [-0.25, -0.2) is 0 Å². The first-order valence-electron chi connectivity index (χ1n) is 34.2. The van der Waals surface area contributed by atoms with E-state index in [9.17, 15) is 19.5 Å². The first kappa shape index (κ1) is 75.3. The molecule has 77 heavy (non-hydrogen) atoms. The summed E-state index contributed by atoms with van der Waals surface area (Å²) in [6.45, 7) is 4.84. The van der Waals surface area contributed by atoms with Crippen molar-refractivity contribution in [1.82, 2.24) is 0 Å². The van der Waals surface area contributed by atoms with Crippen molar-refractivity contribution < 1.29 is 42.9 Å². The van der Waals surface area contributed by atoms with Crippen LogP contribution >= 0.6 is 0 Å². The van der Waals surface area contributed by atoms with Crippen molar-refractivity contribution in [2.24, 2.45) is 0 Å². The lowest BCUT2D eigenvalue weighted by Gasteiger charge is -2.26. The van der Waals surface area contributed by atoms with Crippen LogP contribution in [0.2, 0.25) is 0 Å². The summed E-state index contributed by atoms with van der Waals surface area (Å²) in [4.78, 5) is 37.4. The van der Waals surface area contributed by atoms with Crippen LogP contribution in [0, 0.1) is 0 Å². The molecule has 2 unspecified atom stereocenters. The predicted molar refractivity (Wildman–Crippen MR) is 325 cm³/mol. The zero-order valence-corrected chi connectivity index (χ0v) is 52.4. The van der Waals surface area contributed by atoms with E-state index in [4.69, 9.17) is 18.9 Å². The van der Waals surface area contributed by atoms with Crippen molar-refractivity contribution in [3.05, 3.63) is 0 Å². The number of rotatable bonds is 65. The van der Waals surface area contributed by atoms with Crippen LogP contribution in [0.25, 0.3) is 0 Å². The fourth-order valence-corrected chi connectivity index (χ4v) is 10.6. The fourth-order valence-electron chi connectivity index (χ4n) is 10.6. The maximum absolute atomic E-state index is 12.9. The molecular formula is C68H133NO8. The van der Waals surface area contributed by atoms with E-state index in [1.165, 1.54) is 295 Å². The minimum absolute atomic E-state index is 0.154. The van der Waals surface area contributed by atoms with Gasteiger partial charge in [-0.05, 0) is 12.8 Å². The number of carbonyl (C=O) groups is 3. The summed E-state index contributed by atoms with van der Waals surface area (Å²) in [6.07, 6.45) is 67.6. The monoisotopic (exact) mass is 1090 g/mol. The molecule has 0 saturated carbocycles. The molecule has 0 saturated heterocycles. The number of unbranched alkanes of at least 4 members (excludes halogenated alkanes) is 50. The summed E-state index contributed by atoms with van der Waals surface area (Å²) in [5.74, 6) is -2.25.